The molecule has 0 unspecified atom stereocenters. The molecule has 8 heteroatoms. The number of benzene rings is 2. The summed E-state index contributed by atoms with van der Waals surface area (Å²) in [7, 11) is 3.17. The van der Waals surface area contributed by atoms with Crippen molar-refractivity contribution in [2.45, 2.75) is 19.8 Å². The van der Waals surface area contributed by atoms with Crippen LogP contribution in [-0.2, 0) is 14.1 Å². The Morgan fingerprint density at radius 1 is 0.968 bits per heavy atom. The minimum Gasteiger partial charge on any atom is -0.370 e. The van der Waals surface area contributed by atoms with Gasteiger partial charge in [0.2, 0.25) is 0 Å². The zero-order chi connectivity index (χ0) is 22.3. The van der Waals surface area contributed by atoms with Gasteiger partial charge >= 0.3 is 11.1 Å². The smallest absolute Gasteiger partial charge is 0.316 e. The van der Waals surface area contributed by atoms with Gasteiger partial charge in [-0.05, 0) is 55.2 Å². The van der Waals surface area contributed by atoms with Crippen molar-refractivity contribution in [3.05, 3.63) is 67.7 Å². The Kier molecular flexibility index (Phi) is 5.62. The van der Waals surface area contributed by atoms with Crippen molar-refractivity contribution in [1.82, 2.24) is 9.13 Å². The molecule has 1 N–H and O–H groups in total. The van der Waals surface area contributed by atoms with Crippen molar-refractivity contribution in [1.29, 1.82) is 0 Å². The molecule has 1 amide bonds. The van der Waals surface area contributed by atoms with Crippen molar-refractivity contribution < 1.29 is 4.79 Å². The maximum atomic E-state index is 12.9. The number of anilines is 2. The molecular formula is C23H25ClN4O3. The molecule has 162 valence electrons. The lowest BCUT2D eigenvalue weighted by molar-refractivity contribution is 0.102. The molecule has 0 radical (unpaired) electrons. The lowest BCUT2D eigenvalue weighted by Gasteiger charge is -2.34. The molecule has 2 aromatic carbocycles. The number of nitrogens with one attached hydrogen (secondary N) is 1. The van der Waals surface area contributed by atoms with Crippen LogP contribution in [0.25, 0.3) is 11.0 Å². The van der Waals surface area contributed by atoms with E-state index in [2.05, 4.69) is 17.1 Å². The van der Waals surface area contributed by atoms with E-state index in [0.29, 0.717) is 33.2 Å². The predicted octanol–water partition coefficient (Wildman–Crippen LogP) is 3.38. The Balaban J connectivity index is 1.85. The molecule has 1 aliphatic heterocycles. The summed E-state index contributed by atoms with van der Waals surface area (Å²) < 4.78 is 2.70. The number of fused-ring (bicyclic) bond motifs is 1. The maximum absolute atomic E-state index is 12.9. The normalized spacial score (nSPS) is 14.8. The van der Waals surface area contributed by atoms with Gasteiger partial charge in [0.25, 0.3) is 5.91 Å². The lowest BCUT2D eigenvalue weighted by Crippen LogP contribution is -2.39. The zero-order valence-electron chi connectivity index (χ0n) is 17.8. The predicted molar refractivity (Wildman–Crippen MR) is 124 cm³/mol. The molecule has 3 aromatic rings. The van der Waals surface area contributed by atoms with Gasteiger partial charge in [-0.15, -0.1) is 0 Å². The van der Waals surface area contributed by atoms with Gasteiger partial charge in [-0.25, -0.2) is 0 Å². The second kappa shape index (κ2) is 8.23. The summed E-state index contributed by atoms with van der Waals surface area (Å²) in [5.41, 5.74) is 1.97. The van der Waals surface area contributed by atoms with E-state index in [1.165, 1.54) is 9.13 Å². The second-order valence-corrected chi connectivity index (χ2v) is 8.65. The summed E-state index contributed by atoms with van der Waals surface area (Å²) in [6.07, 6.45) is 2.10. The molecule has 0 spiro atoms. The summed E-state index contributed by atoms with van der Waals surface area (Å²) in [5.74, 6) is 0.381. The Labute approximate surface area is 184 Å². The highest BCUT2D eigenvalue weighted by atomic mass is 35.5. The highest BCUT2D eigenvalue weighted by Crippen LogP contribution is 2.33. The molecule has 1 saturated heterocycles. The first-order valence-electron chi connectivity index (χ1n) is 10.3. The van der Waals surface area contributed by atoms with Crippen LogP contribution in [-0.4, -0.2) is 28.1 Å². The van der Waals surface area contributed by atoms with E-state index in [1.54, 1.807) is 44.4 Å². The van der Waals surface area contributed by atoms with Crippen molar-refractivity contribution in [3.8, 4) is 0 Å². The number of hydrogen-bond acceptors (Lipinski definition) is 4. The average molecular weight is 441 g/mol. The number of amides is 1. The van der Waals surface area contributed by atoms with E-state index in [1.807, 2.05) is 6.07 Å². The number of rotatable bonds is 3. The maximum Gasteiger partial charge on any atom is 0.316 e. The number of aromatic nitrogens is 2. The fourth-order valence-corrected chi connectivity index (χ4v) is 4.14. The largest absolute Gasteiger partial charge is 0.370 e. The van der Waals surface area contributed by atoms with Crippen LogP contribution in [0.4, 0.5) is 11.4 Å². The number of nitrogens with zero attached hydrogens (tertiary/aromatic N) is 3. The molecule has 2 heterocycles. The van der Waals surface area contributed by atoms with Crippen LogP contribution in [0.15, 0.2) is 46.0 Å². The Morgan fingerprint density at radius 2 is 1.52 bits per heavy atom. The average Bonchev–Trinajstić information content (AvgIpc) is 2.77. The van der Waals surface area contributed by atoms with Gasteiger partial charge in [0.15, 0.2) is 0 Å². The second-order valence-electron chi connectivity index (χ2n) is 8.22. The van der Waals surface area contributed by atoms with E-state index in [-0.39, 0.29) is 5.91 Å². The van der Waals surface area contributed by atoms with E-state index in [0.717, 1.165) is 31.6 Å². The Morgan fingerprint density at radius 3 is 2.10 bits per heavy atom. The zero-order valence-corrected chi connectivity index (χ0v) is 18.6. The summed E-state index contributed by atoms with van der Waals surface area (Å²) >= 11 is 5.94. The molecule has 31 heavy (non-hydrogen) atoms. The summed E-state index contributed by atoms with van der Waals surface area (Å²) in [6, 6.07) is 10.3. The Hall–Kier alpha value is -3.06. The number of halogens is 1. The van der Waals surface area contributed by atoms with Crippen LogP contribution in [0.2, 0.25) is 5.02 Å². The molecule has 0 atom stereocenters. The standard InChI is InChI=1S/C23H25ClN4O3/c1-14-8-10-28(11-9-14)18-13-20-19(26(2)22(30)23(31)27(20)3)12-17(18)25-21(29)15-4-6-16(24)7-5-15/h4-7,12-14H,8-11H2,1-3H3,(H,25,29). The molecule has 4 rings (SSSR count). The van der Waals surface area contributed by atoms with Gasteiger partial charge in [-0.1, -0.05) is 18.5 Å². The molecule has 1 aliphatic rings. The molecule has 7 nitrogen and oxygen atoms in total. The van der Waals surface area contributed by atoms with Crippen molar-refractivity contribution in [3.63, 3.8) is 0 Å². The minimum atomic E-state index is -0.607. The molecule has 0 saturated carbocycles. The number of piperidine rings is 1. The van der Waals surface area contributed by atoms with Crippen molar-refractivity contribution in [2.24, 2.45) is 20.0 Å². The summed E-state index contributed by atoms with van der Waals surface area (Å²) in [4.78, 5) is 39.8. The van der Waals surface area contributed by atoms with E-state index in [4.69, 9.17) is 11.6 Å². The quantitative estimate of drug-likeness (QED) is 0.633. The van der Waals surface area contributed by atoms with Crippen LogP contribution < -0.4 is 21.3 Å². The topological polar surface area (TPSA) is 76.3 Å². The third kappa shape index (κ3) is 3.97. The van der Waals surface area contributed by atoms with E-state index in [9.17, 15) is 14.4 Å². The van der Waals surface area contributed by atoms with Crippen LogP contribution >= 0.6 is 11.6 Å². The first-order valence-corrected chi connectivity index (χ1v) is 10.7. The summed E-state index contributed by atoms with van der Waals surface area (Å²) in [5, 5.41) is 3.56. The van der Waals surface area contributed by atoms with Crippen LogP contribution in [0.5, 0.6) is 0 Å². The molecule has 0 bridgehead atoms. The number of hydrogen-bond donors (Lipinski definition) is 1. The van der Waals surface area contributed by atoms with Crippen molar-refractivity contribution in [2.75, 3.05) is 23.3 Å². The van der Waals surface area contributed by atoms with E-state index < -0.39 is 11.1 Å². The van der Waals surface area contributed by atoms with Gasteiger partial charge in [-0.2, -0.15) is 0 Å². The van der Waals surface area contributed by atoms with Crippen LogP contribution in [0, 0.1) is 5.92 Å². The third-order valence-corrected chi connectivity index (χ3v) is 6.34. The lowest BCUT2D eigenvalue weighted by atomic mass is 9.98. The van der Waals surface area contributed by atoms with Gasteiger partial charge in [-0.3, -0.25) is 14.4 Å². The monoisotopic (exact) mass is 440 g/mol. The number of carbonyl (C=O) groups excluding carboxylic acids is 1. The molecule has 1 aromatic heterocycles. The first-order chi connectivity index (χ1) is 14.8. The first kappa shape index (κ1) is 21.2. The Bertz CT molecular complexity index is 1270. The fourth-order valence-electron chi connectivity index (χ4n) is 4.02. The fraction of sp³-hybridized carbons (Fsp3) is 0.348. The number of carbonyl (C=O) groups is 1. The highest BCUT2D eigenvalue weighted by Gasteiger charge is 2.22. The van der Waals surface area contributed by atoms with E-state index >= 15 is 0 Å². The molecule has 0 aliphatic carbocycles. The van der Waals surface area contributed by atoms with Crippen LogP contribution in [0.1, 0.15) is 30.1 Å². The molecule has 1 fully saturated rings. The third-order valence-electron chi connectivity index (χ3n) is 6.09. The van der Waals surface area contributed by atoms with Crippen LogP contribution in [0.3, 0.4) is 0 Å². The molecular weight excluding hydrogens is 416 g/mol. The highest BCUT2D eigenvalue weighted by molar-refractivity contribution is 6.30. The SMILES string of the molecule is CC1CCN(c2cc3c(cc2NC(=O)c2ccc(Cl)cc2)n(C)c(=O)c(=O)n3C)CC1. The van der Waals surface area contributed by atoms with Gasteiger partial charge in [0, 0.05) is 37.8 Å². The van der Waals surface area contributed by atoms with Gasteiger partial charge in [0.1, 0.15) is 0 Å². The van der Waals surface area contributed by atoms with Gasteiger partial charge < -0.3 is 19.4 Å². The van der Waals surface area contributed by atoms with Gasteiger partial charge in [0.05, 0.1) is 22.4 Å². The summed E-state index contributed by atoms with van der Waals surface area (Å²) in [6.45, 7) is 3.95. The van der Waals surface area contributed by atoms with Crippen molar-refractivity contribution >= 4 is 39.9 Å². The minimum absolute atomic E-state index is 0.266. The number of aryl methyl sites for hydroxylation is 2.